The van der Waals surface area contributed by atoms with Gasteiger partial charge in [-0.05, 0) is 50.2 Å². The number of amides is 2. The fourth-order valence-corrected chi connectivity index (χ4v) is 2.55. The first-order valence-corrected chi connectivity index (χ1v) is 7.48. The Morgan fingerprint density at radius 3 is 2.42 bits per heavy atom. The fraction of sp³-hybridized carbons (Fsp3) is 0.167. The summed E-state index contributed by atoms with van der Waals surface area (Å²) in [5.41, 5.74) is 7.24. The van der Waals surface area contributed by atoms with Crippen molar-refractivity contribution in [3.05, 3.63) is 59.2 Å². The molecule has 6 heteroatoms. The number of rotatable bonds is 3. The molecule has 0 aliphatic carbocycles. The lowest BCUT2D eigenvalue weighted by atomic mass is 10.1. The van der Waals surface area contributed by atoms with Crippen LogP contribution in [-0.2, 0) is 4.74 Å². The van der Waals surface area contributed by atoms with E-state index in [-0.39, 0.29) is 22.8 Å². The molecule has 24 heavy (non-hydrogen) atoms. The Bertz CT molecular complexity index is 858. The molecule has 1 aliphatic rings. The Labute approximate surface area is 138 Å². The lowest BCUT2D eigenvalue weighted by Crippen LogP contribution is -2.29. The van der Waals surface area contributed by atoms with Gasteiger partial charge in [0.2, 0.25) is 0 Å². The van der Waals surface area contributed by atoms with Crippen molar-refractivity contribution in [2.75, 3.05) is 10.6 Å². The van der Waals surface area contributed by atoms with E-state index in [1.54, 1.807) is 38.1 Å². The van der Waals surface area contributed by atoms with Crippen LogP contribution in [0.2, 0.25) is 0 Å². The number of esters is 1. The first kappa shape index (κ1) is 15.7. The van der Waals surface area contributed by atoms with E-state index in [4.69, 9.17) is 10.5 Å². The van der Waals surface area contributed by atoms with E-state index < -0.39 is 17.8 Å². The van der Waals surface area contributed by atoms with Crippen molar-refractivity contribution in [3.8, 4) is 0 Å². The van der Waals surface area contributed by atoms with Gasteiger partial charge < -0.3 is 10.5 Å². The predicted octanol–water partition coefficient (Wildman–Crippen LogP) is 2.63. The van der Waals surface area contributed by atoms with Gasteiger partial charge in [-0.25, -0.2) is 9.69 Å². The van der Waals surface area contributed by atoms with Gasteiger partial charge in [-0.15, -0.1) is 0 Å². The molecular weight excluding hydrogens is 308 g/mol. The van der Waals surface area contributed by atoms with Crippen molar-refractivity contribution in [2.45, 2.75) is 20.0 Å². The predicted molar refractivity (Wildman–Crippen MR) is 89.0 cm³/mol. The highest BCUT2D eigenvalue weighted by Crippen LogP contribution is 2.30. The molecule has 2 aromatic carbocycles. The van der Waals surface area contributed by atoms with E-state index in [9.17, 15) is 14.4 Å². The van der Waals surface area contributed by atoms with Gasteiger partial charge in [-0.2, -0.15) is 0 Å². The topological polar surface area (TPSA) is 89.7 Å². The lowest BCUT2D eigenvalue weighted by molar-refractivity contribution is 0.0377. The minimum Gasteiger partial charge on any atom is -0.459 e. The Hall–Kier alpha value is -3.15. The average Bonchev–Trinajstić information content (AvgIpc) is 2.77. The summed E-state index contributed by atoms with van der Waals surface area (Å²) >= 11 is 0. The SMILES string of the molecule is CC(C)OC(=O)c1ccc2c(c1)C(=O)N(c1cccc(N)c1)C2=O. The van der Waals surface area contributed by atoms with E-state index >= 15 is 0 Å². The molecule has 0 bridgehead atoms. The molecule has 0 unspecified atom stereocenters. The molecular formula is C18H16N2O4. The van der Waals surface area contributed by atoms with E-state index in [0.717, 1.165) is 4.90 Å². The zero-order chi connectivity index (χ0) is 17.4. The summed E-state index contributed by atoms with van der Waals surface area (Å²) in [6, 6.07) is 10.9. The highest BCUT2D eigenvalue weighted by atomic mass is 16.5. The number of anilines is 2. The third-order valence-corrected chi connectivity index (χ3v) is 3.59. The van der Waals surface area contributed by atoms with Crippen molar-refractivity contribution in [3.63, 3.8) is 0 Å². The summed E-state index contributed by atoms with van der Waals surface area (Å²) in [6.07, 6.45) is -0.271. The van der Waals surface area contributed by atoms with E-state index in [0.29, 0.717) is 11.4 Å². The van der Waals surface area contributed by atoms with Crippen LogP contribution < -0.4 is 10.6 Å². The smallest absolute Gasteiger partial charge is 0.338 e. The van der Waals surface area contributed by atoms with Gasteiger partial charge in [-0.3, -0.25) is 9.59 Å². The first-order valence-electron chi connectivity index (χ1n) is 7.48. The van der Waals surface area contributed by atoms with Crippen LogP contribution in [0.5, 0.6) is 0 Å². The van der Waals surface area contributed by atoms with Crippen molar-refractivity contribution < 1.29 is 19.1 Å². The number of carbonyl (C=O) groups excluding carboxylic acids is 3. The van der Waals surface area contributed by atoms with Crippen LogP contribution >= 0.6 is 0 Å². The number of ether oxygens (including phenoxy) is 1. The van der Waals surface area contributed by atoms with Crippen LogP contribution in [0.25, 0.3) is 0 Å². The van der Waals surface area contributed by atoms with E-state index in [1.807, 2.05) is 0 Å². The van der Waals surface area contributed by atoms with Crippen LogP contribution in [0.15, 0.2) is 42.5 Å². The molecule has 0 saturated heterocycles. The minimum absolute atomic E-state index is 0.181. The van der Waals surface area contributed by atoms with Crippen molar-refractivity contribution >= 4 is 29.2 Å². The monoisotopic (exact) mass is 324 g/mol. The number of nitrogen functional groups attached to an aromatic ring is 1. The molecule has 2 N–H and O–H groups in total. The Kier molecular flexibility index (Phi) is 3.81. The fourth-order valence-electron chi connectivity index (χ4n) is 2.55. The van der Waals surface area contributed by atoms with Gasteiger partial charge >= 0.3 is 5.97 Å². The molecule has 122 valence electrons. The van der Waals surface area contributed by atoms with Crippen molar-refractivity contribution in [1.82, 2.24) is 0 Å². The second kappa shape index (κ2) is 5.81. The minimum atomic E-state index is -0.532. The number of nitrogens with two attached hydrogens (primary N) is 1. The van der Waals surface area contributed by atoms with Crippen LogP contribution in [0.1, 0.15) is 44.9 Å². The van der Waals surface area contributed by atoms with E-state index in [1.165, 1.54) is 18.2 Å². The Balaban J connectivity index is 1.99. The highest BCUT2D eigenvalue weighted by Gasteiger charge is 2.37. The molecule has 1 heterocycles. The summed E-state index contributed by atoms with van der Waals surface area (Å²) in [7, 11) is 0. The number of imide groups is 1. The maximum atomic E-state index is 12.6. The zero-order valence-electron chi connectivity index (χ0n) is 13.3. The van der Waals surface area contributed by atoms with Gasteiger partial charge in [-0.1, -0.05) is 6.07 Å². The van der Waals surface area contributed by atoms with Gasteiger partial charge in [0.1, 0.15) is 0 Å². The van der Waals surface area contributed by atoms with Gasteiger partial charge in [0.25, 0.3) is 11.8 Å². The standard InChI is InChI=1S/C18H16N2O4/c1-10(2)24-18(23)11-6-7-14-15(8-11)17(22)20(16(14)21)13-5-3-4-12(19)9-13/h3-10H,19H2,1-2H3. The molecule has 6 nitrogen and oxygen atoms in total. The number of benzene rings is 2. The van der Waals surface area contributed by atoms with Crippen LogP contribution in [0.4, 0.5) is 11.4 Å². The molecule has 2 aromatic rings. The molecule has 0 aromatic heterocycles. The summed E-state index contributed by atoms with van der Waals surface area (Å²) in [5.74, 6) is -1.46. The number of hydrogen-bond acceptors (Lipinski definition) is 5. The summed E-state index contributed by atoms with van der Waals surface area (Å²) in [4.78, 5) is 38.2. The molecule has 0 atom stereocenters. The molecule has 0 spiro atoms. The number of carbonyl (C=O) groups is 3. The Morgan fingerprint density at radius 1 is 1.04 bits per heavy atom. The molecule has 1 aliphatic heterocycles. The van der Waals surface area contributed by atoms with Crippen molar-refractivity contribution in [2.24, 2.45) is 0 Å². The van der Waals surface area contributed by atoms with Crippen LogP contribution in [0.3, 0.4) is 0 Å². The highest BCUT2D eigenvalue weighted by molar-refractivity contribution is 6.34. The third-order valence-electron chi connectivity index (χ3n) is 3.59. The van der Waals surface area contributed by atoms with Gasteiger partial charge in [0.15, 0.2) is 0 Å². The summed E-state index contributed by atoms with van der Waals surface area (Å²) in [6.45, 7) is 3.48. The Morgan fingerprint density at radius 2 is 1.75 bits per heavy atom. The maximum Gasteiger partial charge on any atom is 0.338 e. The molecule has 2 amide bonds. The van der Waals surface area contributed by atoms with Crippen LogP contribution in [0, 0.1) is 0 Å². The first-order chi connectivity index (χ1) is 11.4. The quantitative estimate of drug-likeness (QED) is 0.532. The summed E-state index contributed by atoms with van der Waals surface area (Å²) in [5, 5.41) is 0. The maximum absolute atomic E-state index is 12.6. The second-order valence-corrected chi connectivity index (χ2v) is 5.76. The van der Waals surface area contributed by atoms with Crippen LogP contribution in [-0.4, -0.2) is 23.9 Å². The molecule has 0 saturated carbocycles. The normalized spacial score (nSPS) is 13.4. The second-order valence-electron chi connectivity index (χ2n) is 5.76. The molecule has 0 fully saturated rings. The molecule has 0 radical (unpaired) electrons. The summed E-state index contributed by atoms with van der Waals surface area (Å²) < 4.78 is 5.12. The third kappa shape index (κ3) is 2.62. The average molecular weight is 324 g/mol. The van der Waals surface area contributed by atoms with E-state index in [2.05, 4.69) is 0 Å². The zero-order valence-corrected chi connectivity index (χ0v) is 13.3. The molecule has 3 rings (SSSR count). The van der Waals surface area contributed by atoms with Gasteiger partial charge in [0, 0.05) is 5.69 Å². The van der Waals surface area contributed by atoms with Gasteiger partial charge in [0.05, 0.1) is 28.5 Å². The number of fused-ring (bicyclic) bond motifs is 1. The largest absolute Gasteiger partial charge is 0.459 e. The number of nitrogens with zero attached hydrogens (tertiary/aromatic N) is 1. The van der Waals surface area contributed by atoms with Crippen molar-refractivity contribution in [1.29, 1.82) is 0 Å². The lowest BCUT2D eigenvalue weighted by Gasteiger charge is -2.14. The number of hydrogen-bond donors (Lipinski definition) is 1.